The van der Waals surface area contributed by atoms with Crippen LogP contribution in [-0.2, 0) is 17.8 Å². The minimum atomic E-state index is -0.495. The van der Waals surface area contributed by atoms with Crippen molar-refractivity contribution in [3.63, 3.8) is 0 Å². The number of hydrogen-bond acceptors (Lipinski definition) is 5. The predicted octanol–water partition coefficient (Wildman–Crippen LogP) is 1.66. The van der Waals surface area contributed by atoms with E-state index in [1.165, 1.54) is 12.1 Å². The fourth-order valence-corrected chi connectivity index (χ4v) is 5.12. The van der Waals surface area contributed by atoms with E-state index in [-0.39, 0.29) is 36.1 Å². The number of fused-ring (bicyclic) bond motifs is 4. The van der Waals surface area contributed by atoms with E-state index in [2.05, 4.69) is 15.6 Å². The van der Waals surface area contributed by atoms with Gasteiger partial charge in [-0.25, -0.2) is 4.39 Å². The highest BCUT2D eigenvalue weighted by Crippen LogP contribution is 2.41. The zero-order valence-corrected chi connectivity index (χ0v) is 17.9. The Morgan fingerprint density at radius 2 is 2.03 bits per heavy atom. The third kappa shape index (κ3) is 3.96. The van der Waals surface area contributed by atoms with Crippen molar-refractivity contribution in [1.29, 1.82) is 0 Å². The number of aliphatic hydroxyl groups excluding tert-OH is 1. The number of carbonyl (C=O) groups is 1. The second-order valence-electron chi connectivity index (χ2n) is 8.62. The fraction of sp³-hybridized carbons (Fsp3) is 0.320. The number of aliphatic hydroxyl groups is 1. The summed E-state index contributed by atoms with van der Waals surface area (Å²) in [6.45, 7) is 0.663. The van der Waals surface area contributed by atoms with Gasteiger partial charge in [0.15, 0.2) is 0 Å². The van der Waals surface area contributed by atoms with Gasteiger partial charge in [-0.2, -0.15) is 0 Å². The van der Waals surface area contributed by atoms with Gasteiger partial charge in [-0.15, -0.1) is 0 Å². The van der Waals surface area contributed by atoms with Gasteiger partial charge >= 0.3 is 0 Å². The molecule has 4 heterocycles. The first-order valence-electron chi connectivity index (χ1n) is 11.1. The molecule has 8 heteroatoms. The first kappa shape index (κ1) is 21.5. The second kappa shape index (κ2) is 8.88. The first-order chi connectivity index (χ1) is 16.1. The third-order valence-electron chi connectivity index (χ3n) is 6.75. The molecule has 1 saturated heterocycles. The lowest BCUT2D eigenvalue weighted by molar-refractivity contribution is -0.127. The molecule has 0 aliphatic carbocycles. The maximum absolute atomic E-state index is 13.7. The number of benzene rings is 1. The lowest BCUT2D eigenvalue weighted by Gasteiger charge is -2.28. The number of pyridine rings is 2. The van der Waals surface area contributed by atoms with Crippen LogP contribution in [0.1, 0.15) is 17.3 Å². The van der Waals surface area contributed by atoms with Gasteiger partial charge in [0.1, 0.15) is 5.82 Å². The van der Waals surface area contributed by atoms with Gasteiger partial charge in [-0.05, 0) is 53.9 Å². The molecule has 1 amide bonds. The maximum atomic E-state index is 13.7. The smallest absolute Gasteiger partial charge is 0.258 e. The Morgan fingerprint density at radius 1 is 1.21 bits per heavy atom. The average Bonchev–Trinajstić information content (AvgIpc) is 3.12. The standard InChI is InChI=1S/C25H25FN4O3/c26-17-3-1-2-16(12-17)18-4-5-21-23-22(19(14-31)20(29-23)13-30(21)25(18)33)24(32)28-11-8-15-6-9-27-10-7-15/h1-7,9-10,12,19-20,22-23,29,31H,8,11,13-14H2,(H,28,32)/t19-,20-,22+,23+/m0/s1. The molecule has 1 aromatic carbocycles. The molecule has 0 unspecified atom stereocenters. The molecule has 170 valence electrons. The summed E-state index contributed by atoms with van der Waals surface area (Å²) in [5, 5.41) is 16.5. The van der Waals surface area contributed by atoms with E-state index in [9.17, 15) is 19.1 Å². The van der Waals surface area contributed by atoms with Gasteiger partial charge in [-0.1, -0.05) is 12.1 Å². The van der Waals surface area contributed by atoms with Crippen LogP contribution in [0, 0.1) is 17.7 Å². The topological polar surface area (TPSA) is 96.2 Å². The zero-order chi connectivity index (χ0) is 22.9. The largest absolute Gasteiger partial charge is 0.396 e. The van der Waals surface area contributed by atoms with E-state index in [1.807, 2.05) is 18.2 Å². The molecular formula is C25H25FN4O3. The second-order valence-corrected chi connectivity index (χ2v) is 8.62. The monoisotopic (exact) mass is 448 g/mol. The summed E-state index contributed by atoms with van der Waals surface area (Å²) in [4.78, 5) is 30.5. The maximum Gasteiger partial charge on any atom is 0.258 e. The molecule has 0 saturated carbocycles. The Morgan fingerprint density at radius 3 is 2.79 bits per heavy atom. The summed E-state index contributed by atoms with van der Waals surface area (Å²) in [5.74, 6) is -1.35. The summed E-state index contributed by atoms with van der Waals surface area (Å²) < 4.78 is 15.4. The van der Waals surface area contributed by atoms with E-state index in [0.29, 0.717) is 36.3 Å². The zero-order valence-electron chi connectivity index (χ0n) is 17.9. The number of aromatic nitrogens is 2. The van der Waals surface area contributed by atoms with Crippen molar-refractivity contribution in [2.24, 2.45) is 11.8 Å². The number of hydrogen-bond donors (Lipinski definition) is 3. The molecule has 0 radical (unpaired) electrons. The predicted molar refractivity (Wildman–Crippen MR) is 121 cm³/mol. The number of nitrogens with zero attached hydrogens (tertiary/aromatic N) is 2. The number of amides is 1. The van der Waals surface area contributed by atoms with Gasteiger partial charge < -0.3 is 20.3 Å². The molecule has 33 heavy (non-hydrogen) atoms. The Kier molecular flexibility index (Phi) is 5.78. The van der Waals surface area contributed by atoms with E-state index in [1.54, 1.807) is 35.2 Å². The molecule has 2 bridgehead atoms. The molecular weight excluding hydrogens is 423 g/mol. The van der Waals surface area contributed by atoms with Crippen LogP contribution in [0.3, 0.4) is 0 Å². The number of nitrogens with one attached hydrogen (secondary N) is 2. The van der Waals surface area contributed by atoms with Gasteiger partial charge in [0.25, 0.3) is 5.56 Å². The Hall–Kier alpha value is -3.36. The average molecular weight is 448 g/mol. The normalized spacial score (nSPS) is 23.2. The minimum absolute atomic E-state index is 0.141. The molecule has 3 aromatic rings. The minimum Gasteiger partial charge on any atom is -0.396 e. The summed E-state index contributed by atoms with van der Waals surface area (Å²) >= 11 is 0. The van der Waals surface area contributed by atoms with Crippen LogP contribution in [0.2, 0.25) is 0 Å². The molecule has 3 N–H and O–H groups in total. The molecule has 2 aliphatic rings. The van der Waals surface area contributed by atoms with Crippen molar-refractivity contribution < 1.29 is 14.3 Å². The first-order valence-corrected chi connectivity index (χ1v) is 11.1. The lowest BCUT2D eigenvalue weighted by atomic mass is 9.86. The van der Waals surface area contributed by atoms with Crippen molar-refractivity contribution >= 4 is 5.91 Å². The summed E-state index contributed by atoms with van der Waals surface area (Å²) in [6.07, 6.45) is 4.12. The van der Waals surface area contributed by atoms with Crippen molar-refractivity contribution in [3.8, 4) is 11.1 Å². The Balaban J connectivity index is 1.40. The molecule has 2 aromatic heterocycles. The van der Waals surface area contributed by atoms with Crippen LogP contribution in [0.15, 0.2) is 65.7 Å². The van der Waals surface area contributed by atoms with E-state index < -0.39 is 11.7 Å². The summed E-state index contributed by atoms with van der Waals surface area (Å²) in [7, 11) is 0. The highest BCUT2D eigenvalue weighted by molar-refractivity contribution is 5.80. The number of rotatable bonds is 6. The van der Waals surface area contributed by atoms with Crippen molar-refractivity contribution in [2.75, 3.05) is 13.2 Å². The molecule has 1 fully saturated rings. The van der Waals surface area contributed by atoms with Gasteiger partial charge in [-0.3, -0.25) is 14.6 Å². The van der Waals surface area contributed by atoms with Crippen LogP contribution in [0.5, 0.6) is 0 Å². The fourth-order valence-electron chi connectivity index (χ4n) is 5.12. The van der Waals surface area contributed by atoms with Gasteiger partial charge in [0.05, 0.1) is 12.0 Å². The molecule has 7 nitrogen and oxygen atoms in total. The van der Waals surface area contributed by atoms with E-state index in [4.69, 9.17) is 0 Å². The Labute approximate surface area is 190 Å². The molecule has 0 spiro atoms. The van der Waals surface area contributed by atoms with E-state index >= 15 is 0 Å². The highest BCUT2D eigenvalue weighted by Gasteiger charge is 2.50. The van der Waals surface area contributed by atoms with Crippen LogP contribution in [0.25, 0.3) is 11.1 Å². The number of halogens is 1. The van der Waals surface area contributed by atoms with Crippen LogP contribution in [0.4, 0.5) is 4.39 Å². The van der Waals surface area contributed by atoms with Gasteiger partial charge in [0, 0.05) is 55.3 Å². The van der Waals surface area contributed by atoms with Crippen molar-refractivity contribution in [1.82, 2.24) is 20.2 Å². The van der Waals surface area contributed by atoms with Crippen LogP contribution < -0.4 is 16.2 Å². The molecule has 4 atom stereocenters. The Bertz CT molecular complexity index is 1230. The lowest BCUT2D eigenvalue weighted by Crippen LogP contribution is -2.43. The van der Waals surface area contributed by atoms with Crippen molar-refractivity contribution in [2.45, 2.75) is 25.0 Å². The summed E-state index contributed by atoms with van der Waals surface area (Å²) in [5.41, 5.74) is 2.50. The van der Waals surface area contributed by atoms with Crippen molar-refractivity contribution in [3.05, 3.63) is 88.4 Å². The van der Waals surface area contributed by atoms with Gasteiger partial charge in [0.2, 0.25) is 5.91 Å². The highest BCUT2D eigenvalue weighted by atomic mass is 19.1. The molecule has 5 rings (SSSR count). The summed E-state index contributed by atoms with van der Waals surface area (Å²) in [6, 6.07) is 12.7. The number of carbonyl (C=O) groups excluding carboxylic acids is 1. The van der Waals surface area contributed by atoms with E-state index in [0.717, 1.165) is 5.56 Å². The van der Waals surface area contributed by atoms with Crippen LogP contribution >= 0.6 is 0 Å². The SMILES string of the molecule is O=C(NCCc1ccncc1)[C@@H]1[C@@H](CO)[C@@H]2Cn3c(ccc(-c4cccc(F)c4)c3=O)[C@H]1N2. The quantitative estimate of drug-likeness (QED) is 0.533. The third-order valence-corrected chi connectivity index (χ3v) is 6.75. The molecule has 2 aliphatic heterocycles. The van der Waals surface area contributed by atoms with Crippen LogP contribution in [-0.4, -0.2) is 39.8 Å².